The third kappa shape index (κ3) is 4.58. The van der Waals surface area contributed by atoms with Crippen molar-refractivity contribution in [1.29, 1.82) is 0 Å². The van der Waals surface area contributed by atoms with Gasteiger partial charge < -0.3 is 5.32 Å². The Morgan fingerprint density at radius 3 is 2.45 bits per heavy atom. The van der Waals surface area contributed by atoms with E-state index in [4.69, 9.17) is 11.6 Å². The zero-order valence-corrected chi connectivity index (χ0v) is 12.7. The highest BCUT2D eigenvalue weighted by Crippen LogP contribution is 2.20. The number of rotatable bonds is 5. The van der Waals surface area contributed by atoms with Crippen LogP contribution in [0.1, 0.15) is 12.5 Å². The van der Waals surface area contributed by atoms with E-state index in [-0.39, 0.29) is 11.2 Å². The number of hydrogen-bond acceptors (Lipinski definition) is 2. The fourth-order valence-corrected chi connectivity index (χ4v) is 2.61. The van der Waals surface area contributed by atoms with Gasteiger partial charge in [-0.15, -0.1) is 11.8 Å². The number of halogens is 1. The molecule has 2 nitrogen and oxygen atoms in total. The Labute approximate surface area is 128 Å². The lowest BCUT2D eigenvalue weighted by Gasteiger charge is -2.12. The van der Waals surface area contributed by atoms with Gasteiger partial charge in [0.1, 0.15) is 0 Å². The van der Waals surface area contributed by atoms with Crippen molar-refractivity contribution in [1.82, 2.24) is 0 Å². The molecule has 0 aromatic heterocycles. The van der Waals surface area contributed by atoms with E-state index in [2.05, 4.69) is 5.32 Å². The van der Waals surface area contributed by atoms with Crippen LogP contribution >= 0.6 is 23.4 Å². The van der Waals surface area contributed by atoms with Gasteiger partial charge in [0.25, 0.3) is 0 Å². The molecule has 20 heavy (non-hydrogen) atoms. The average molecular weight is 306 g/mol. The molecule has 0 saturated heterocycles. The Bertz CT molecular complexity index is 556. The molecular formula is C16H16ClNOS. The molecule has 0 spiro atoms. The molecule has 2 rings (SSSR count). The smallest absolute Gasteiger partial charge is 0.237 e. The van der Waals surface area contributed by atoms with Gasteiger partial charge in [0.2, 0.25) is 5.91 Å². The molecule has 104 valence electrons. The second-order valence-corrected chi connectivity index (χ2v) is 6.20. The molecule has 1 unspecified atom stereocenters. The van der Waals surface area contributed by atoms with Crippen LogP contribution in [0.3, 0.4) is 0 Å². The molecule has 0 radical (unpaired) electrons. The van der Waals surface area contributed by atoms with Gasteiger partial charge in [-0.25, -0.2) is 0 Å². The molecule has 2 aromatic rings. The van der Waals surface area contributed by atoms with Gasteiger partial charge in [-0.1, -0.05) is 41.9 Å². The zero-order chi connectivity index (χ0) is 14.4. The summed E-state index contributed by atoms with van der Waals surface area (Å²) < 4.78 is 0. The van der Waals surface area contributed by atoms with E-state index in [1.807, 2.05) is 61.5 Å². The normalized spacial score (nSPS) is 11.9. The number of carbonyl (C=O) groups excluding carboxylic acids is 1. The molecule has 0 saturated carbocycles. The summed E-state index contributed by atoms with van der Waals surface area (Å²) in [5.74, 6) is 0.816. The fraction of sp³-hybridized carbons (Fsp3) is 0.188. The van der Waals surface area contributed by atoms with Crippen LogP contribution in [-0.4, -0.2) is 11.2 Å². The van der Waals surface area contributed by atoms with Crippen LogP contribution in [0.4, 0.5) is 5.69 Å². The van der Waals surface area contributed by atoms with E-state index in [0.717, 1.165) is 16.5 Å². The molecule has 0 aliphatic rings. The topological polar surface area (TPSA) is 29.1 Å². The highest BCUT2D eigenvalue weighted by molar-refractivity contribution is 7.99. The van der Waals surface area contributed by atoms with Crippen molar-refractivity contribution >= 4 is 35.0 Å². The van der Waals surface area contributed by atoms with Gasteiger partial charge in [-0.2, -0.15) is 0 Å². The van der Waals surface area contributed by atoms with Crippen molar-refractivity contribution in [3.8, 4) is 0 Å². The van der Waals surface area contributed by atoms with E-state index < -0.39 is 0 Å². The van der Waals surface area contributed by atoms with Crippen molar-refractivity contribution in [3.63, 3.8) is 0 Å². The van der Waals surface area contributed by atoms with E-state index in [1.54, 1.807) is 11.8 Å². The van der Waals surface area contributed by atoms with Crippen molar-refractivity contribution < 1.29 is 4.79 Å². The van der Waals surface area contributed by atoms with Crippen molar-refractivity contribution in [2.24, 2.45) is 0 Å². The van der Waals surface area contributed by atoms with Crippen molar-refractivity contribution in [2.45, 2.75) is 17.9 Å². The SMILES string of the molecule is CC(SCc1ccc(Cl)cc1)C(=O)Nc1ccccc1. The lowest BCUT2D eigenvalue weighted by molar-refractivity contribution is -0.115. The highest BCUT2D eigenvalue weighted by atomic mass is 35.5. The summed E-state index contributed by atoms with van der Waals surface area (Å²) in [5, 5.41) is 3.53. The second kappa shape index (κ2) is 7.36. The summed E-state index contributed by atoms with van der Waals surface area (Å²) in [7, 11) is 0. The van der Waals surface area contributed by atoms with Crippen LogP contribution in [0, 0.1) is 0 Å². The van der Waals surface area contributed by atoms with Crippen LogP contribution in [0.25, 0.3) is 0 Å². The molecule has 1 N–H and O–H groups in total. The summed E-state index contributed by atoms with van der Waals surface area (Å²) >= 11 is 7.45. The molecule has 2 aromatic carbocycles. The predicted octanol–water partition coefficient (Wildman–Crippen LogP) is 4.60. The number of amides is 1. The first-order valence-corrected chi connectivity index (χ1v) is 7.80. The Morgan fingerprint density at radius 2 is 1.80 bits per heavy atom. The number of anilines is 1. The minimum absolute atomic E-state index is 0.0233. The quantitative estimate of drug-likeness (QED) is 0.874. The lowest BCUT2D eigenvalue weighted by atomic mass is 10.2. The van der Waals surface area contributed by atoms with Crippen LogP contribution in [0.5, 0.6) is 0 Å². The largest absolute Gasteiger partial charge is 0.325 e. The summed E-state index contributed by atoms with van der Waals surface area (Å²) in [5.41, 5.74) is 2.00. The van der Waals surface area contributed by atoms with E-state index in [9.17, 15) is 4.79 Å². The van der Waals surface area contributed by atoms with Gasteiger partial charge in [-0.05, 0) is 36.8 Å². The van der Waals surface area contributed by atoms with Crippen molar-refractivity contribution in [3.05, 3.63) is 65.2 Å². The summed E-state index contributed by atoms with van der Waals surface area (Å²) in [6, 6.07) is 17.2. The Balaban J connectivity index is 1.83. The van der Waals surface area contributed by atoms with Gasteiger partial charge in [0.15, 0.2) is 0 Å². The van der Waals surface area contributed by atoms with Gasteiger partial charge in [0.05, 0.1) is 5.25 Å². The first-order chi connectivity index (χ1) is 9.65. The summed E-state index contributed by atoms with van der Waals surface area (Å²) in [4.78, 5) is 12.0. The van der Waals surface area contributed by atoms with Gasteiger partial charge >= 0.3 is 0 Å². The molecule has 0 aliphatic heterocycles. The van der Waals surface area contributed by atoms with E-state index in [0.29, 0.717) is 0 Å². The van der Waals surface area contributed by atoms with E-state index >= 15 is 0 Å². The van der Waals surface area contributed by atoms with Gasteiger partial charge in [-0.3, -0.25) is 4.79 Å². The van der Waals surface area contributed by atoms with Gasteiger partial charge in [0, 0.05) is 16.5 Å². The molecule has 4 heteroatoms. The van der Waals surface area contributed by atoms with E-state index in [1.165, 1.54) is 5.56 Å². The maximum Gasteiger partial charge on any atom is 0.237 e. The molecule has 0 bridgehead atoms. The molecule has 1 atom stereocenters. The molecule has 0 heterocycles. The lowest BCUT2D eigenvalue weighted by Crippen LogP contribution is -2.22. The third-order valence-corrected chi connectivity index (χ3v) is 4.29. The van der Waals surface area contributed by atoms with Crippen molar-refractivity contribution in [2.75, 3.05) is 5.32 Å². The summed E-state index contributed by atoms with van der Waals surface area (Å²) in [6.07, 6.45) is 0. The second-order valence-electron chi connectivity index (χ2n) is 4.43. The van der Waals surface area contributed by atoms with Crippen LogP contribution in [0.15, 0.2) is 54.6 Å². The number of para-hydroxylation sites is 1. The monoisotopic (exact) mass is 305 g/mol. The molecular weight excluding hydrogens is 290 g/mol. The number of nitrogens with one attached hydrogen (secondary N) is 1. The average Bonchev–Trinajstić information content (AvgIpc) is 2.47. The Kier molecular flexibility index (Phi) is 5.50. The zero-order valence-electron chi connectivity index (χ0n) is 11.2. The molecule has 1 amide bonds. The predicted molar refractivity (Wildman–Crippen MR) is 87.3 cm³/mol. The molecule has 0 aliphatic carbocycles. The number of hydrogen-bond donors (Lipinski definition) is 1. The fourth-order valence-electron chi connectivity index (χ4n) is 1.64. The summed E-state index contributed by atoms with van der Waals surface area (Å²) in [6.45, 7) is 1.92. The van der Waals surface area contributed by atoms with Crippen LogP contribution in [0.2, 0.25) is 5.02 Å². The maximum absolute atomic E-state index is 12.0. The molecule has 0 fully saturated rings. The van der Waals surface area contributed by atoms with Crippen LogP contribution < -0.4 is 5.32 Å². The number of benzene rings is 2. The third-order valence-electron chi connectivity index (χ3n) is 2.82. The maximum atomic E-state index is 12.0. The Morgan fingerprint density at radius 1 is 1.15 bits per heavy atom. The standard InChI is InChI=1S/C16H16ClNOS/c1-12(16(19)18-15-5-3-2-4-6-15)20-11-13-7-9-14(17)10-8-13/h2-10,12H,11H2,1H3,(H,18,19). The minimum Gasteiger partial charge on any atom is -0.325 e. The van der Waals surface area contributed by atoms with Crippen LogP contribution in [-0.2, 0) is 10.5 Å². The first kappa shape index (κ1) is 14.9. The minimum atomic E-state index is -0.106. The first-order valence-electron chi connectivity index (χ1n) is 6.37. The highest BCUT2D eigenvalue weighted by Gasteiger charge is 2.13. The Hall–Kier alpha value is -1.45. The number of carbonyl (C=O) groups is 1. The number of thioether (sulfide) groups is 1.